The van der Waals surface area contributed by atoms with Gasteiger partial charge in [0, 0.05) is 23.7 Å². The molecule has 0 atom stereocenters. The molecule has 1 aromatic heterocycles. The maximum atomic E-state index is 14.2. The van der Waals surface area contributed by atoms with Crippen molar-refractivity contribution in [2.75, 3.05) is 6.61 Å². The fourth-order valence-corrected chi connectivity index (χ4v) is 2.59. The molecule has 0 bridgehead atoms. The molecular formula is C17H18FNO4. The molecule has 6 heteroatoms. The van der Waals surface area contributed by atoms with Gasteiger partial charge in [0.15, 0.2) is 11.6 Å². The Labute approximate surface area is 132 Å². The van der Waals surface area contributed by atoms with E-state index in [0.29, 0.717) is 12.1 Å². The van der Waals surface area contributed by atoms with Gasteiger partial charge in [-0.3, -0.25) is 4.79 Å². The van der Waals surface area contributed by atoms with E-state index in [4.69, 9.17) is 4.74 Å². The van der Waals surface area contributed by atoms with Gasteiger partial charge in [0.05, 0.1) is 12.1 Å². The topological polar surface area (TPSA) is 68.5 Å². The Bertz CT molecular complexity index is 823. The first-order valence-electron chi connectivity index (χ1n) is 7.77. The van der Waals surface area contributed by atoms with Crippen LogP contribution in [0, 0.1) is 5.82 Å². The highest BCUT2D eigenvalue weighted by Gasteiger charge is 2.27. The lowest BCUT2D eigenvalue weighted by molar-refractivity contribution is 0.0695. The maximum Gasteiger partial charge on any atom is 0.341 e. The summed E-state index contributed by atoms with van der Waals surface area (Å²) in [4.78, 5) is 23.5. The third kappa shape index (κ3) is 2.93. The largest absolute Gasteiger partial charge is 0.490 e. The number of benzene rings is 1. The van der Waals surface area contributed by atoms with Crippen molar-refractivity contribution in [3.8, 4) is 5.75 Å². The Kier molecular flexibility index (Phi) is 4.07. The van der Waals surface area contributed by atoms with Crippen LogP contribution in [0.4, 0.5) is 4.39 Å². The Hall–Kier alpha value is -2.37. The van der Waals surface area contributed by atoms with Gasteiger partial charge in [-0.25, -0.2) is 9.18 Å². The highest BCUT2D eigenvalue weighted by Crippen LogP contribution is 2.38. The molecule has 0 unspecified atom stereocenters. The second-order valence-electron chi connectivity index (χ2n) is 5.82. The normalized spacial score (nSPS) is 14.2. The summed E-state index contributed by atoms with van der Waals surface area (Å²) >= 11 is 0. The number of rotatable bonds is 6. The molecule has 23 heavy (non-hydrogen) atoms. The fourth-order valence-electron chi connectivity index (χ4n) is 2.59. The third-order valence-electron chi connectivity index (χ3n) is 4.01. The lowest BCUT2D eigenvalue weighted by atomic mass is 10.1. The van der Waals surface area contributed by atoms with E-state index in [-0.39, 0.29) is 22.7 Å². The predicted octanol–water partition coefficient (Wildman–Crippen LogP) is 3.35. The van der Waals surface area contributed by atoms with Crippen LogP contribution in [0.25, 0.3) is 10.9 Å². The molecule has 5 nitrogen and oxygen atoms in total. The summed E-state index contributed by atoms with van der Waals surface area (Å²) in [5.74, 6) is -1.84. The van der Waals surface area contributed by atoms with Crippen molar-refractivity contribution in [2.45, 2.75) is 38.6 Å². The number of aromatic carboxylic acids is 1. The van der Waals surface area contributed by atoms with Gasteiger partial charge in [0.25, 0.3) is 0 Å². The first-order valence-corrected chi connectivity index (χ1v) is 7.77. The van der Waals surface area contributed by atoms with Crippen LogP contribution in [0.3, 0.4) is 0 Å². The Balaban J connectivity index is 2.17. The average Bonchev–Trinajstić information content (AvgIpc) is 3.33. The second kappa shape index (κ2) is 6.02. The SMILES string of the molecule is CCCCOc1cc2c(cc1F)c(=O)c(C(=O)O)cn2C1CC1. The summed E-state index contributed by atoms with van der Waals surface area (Å²) in [6.07, 6.45) is 4.94. The van der Waals surface area contributed by atoms with Crippen molar-refractivity contribution in [1.82, 2.24) is 4.57 Å². The molecule has 1 fully saturated rings. The predicted molar refractivity (Wildman–Crippen MR) is 83.8 cm³/mol. The van der Waals surface area contributed by atoms with Gasteiger partial charge in [0.2, 0.25) is 5.43 Å². The molecular weight excluding hydrogens is 301 g/mol. The fraction of sp³-hybridized carbons (Fsp3) is 0.412. The van der Waals surface area contributed by atoms with Gasteiger partial charge in [-0.1, -0.05) is 13.3 Å². The summed E-state index contributed by atoms with van der Waals surface area (Å²) in [6, 6.07) is 2.75. The second-order valence-corrected chi connectivity index (χ2v) is 5.82. The minimum absolute atomic E-state index is 0.0807. The Morgan fingerprint density at radius 2 is 2.17 bits per heavy atom. The van der Waals surface area contributed by atoms with Crippen molar-refractivity contribution in [3.63, 3.8) is 0 Å². The number of hydrogen-bond acceptors (Lipinski definition) is 3. The van der Waals surface area contributed by atoms with Crippen molar-refractivity contribution in [3.05, 3.63) is 39.9 Å². The maximum absolute atomic E-state index is 14.2. The van der Waals surface area contributed by atoms with Crippen molar-refractivity contribution in [1.29, 1.82) is 0 Å². The van der Waals surface area contributed by atoms with E-state index >= 15 is 0 Å². The first-order chi connectivity index (χ1) is 11.0. The van der Waals surface area contributed by atoms with Crippen LogP contribution in [0.5, 0.6) is 5.75 Å². The average molecular weight is 319 g/mol. The van der Waals surface area contributed by atoms with E-state index in [9.17, 15) is 19.1 Å². The molecule has 0 amide bonds. The Morgan fingerprint density at radius 1 is 1.43 bits per heavy atom. The van der Waals surface area contributed by atoms with Crippen molar-refractivity contribution >= 4 is 16.9 Å². The molecule has 1 heterocycles. The van der Waals surface area contributed by atoms with E-state index in [1.54, 1.807) is 4.57 Å². The van der Waals surface area contributed by atoms with Crippen LogP contribution < -0.4 is 10.2 Å². The van der Waals surface area contributed by atoms with Crippen LogP contribution >= 0.6 is 0 Å². The summed E-state index contributed by atoms with van der Waals surface area (Å²) in [5, 5.41) is 9.27. The molecule has 1 aliphatic rings. The minimum Gasteiger partial charge on any atom is -0.490 e. The van der Waals surface area contributed by atoms with Gasteiger partial charge in [-0.2, -0.15) is 0 Å². The zero-order chi connectivity index (χ0) is 16.6. The number of pyridine rings is 1. The van der Waals surface area contributed by atoms with Crippen LogP contribution in [0.2, 0.25) is 0 Å². The van der Waals surface area contributed by atoms with E-state index in [1.165, 1.54) is 12.3 Å². The lowest BCUT2D eigenvalue weighted by Gasteiger charge is -2.14. The molecule has 0 spiro atoms. The summed E-state index contributed by atoms with van der Waals surface area (Å²) in [6.45, 7) is 2.41. The summed E-state index contributed by atoms with van der Waals surface area (Å²) in [5.41, 5.74) is -0.470. The minimum atomic E-state index is -1.30. The van der Waals surface area contributed by atoms with Gasteiger partial charge in [-0.15, -0.1) is 0 Å². The molecule has 0 aliphatic heterocycles. The van der Waals surface area contributed by atoms with Crippen LogP contribution in [-0.2, 0) is 0 Å². The number of unbranched alkanes of at least 4 members (excludes halogenated alkanes) is 1. The van der Waals surface area contributed by atoms with Crippen molar-refractivity contribution in [2.24, 2.45) is 0 Å². The van der Waals surface area contributed by atoms with E-state index < -0.39 is 17.2 Å². The molecule has 1 saturated carbocycles. The zero-order valence-electron chi connectivity index (χ0n) is 12.8. The van der Waals surface area contributed by atoms with E-state index in [2.05, 4.69) is 0 Å². The molecule has 122 valence electrons. The van der Waals surface area contributed by atoms with E-state index in [0.717, 1.165) is 31.7 Å². The smallest absolute Gasteiger partial charge is 0.341 e. The van der Waals surface area contributed by atoms with Crippen LogP contribution in [0.15, 0.2) is 23.1 Å². The van der Waals surface area contributed by atoms with Gasteiger partial charge >= 0.3 is 5.97 Å². The number of carboxylic acids is 1. The number of carbonyl (C=O) groups is 1. The highest BCUT2D eigenvalue weighted by atomic mass is 19.1. The standard InChI is InChI=1S/C17H18FNO4/c1-2-3-6-23-15-8-14-11(7-13(15)18)16(20)12(17(21)22)9-19(14)10-4-5-10/h7-10H,2-6H2,1H3,(H,21,22). The molecule has 1 aliphatic carbocycles. The van der Waals surface area contributed by atoms with Crippen molar-refractivity contribution < 1.29 is 19.0 Å². The zero-order valence-corrected chi connectivity index (χ0v) is 12.8. The molecule has 0 radical (unpaired) electrons. The molecule has 2 aromatic rings. The number of halogens is 1. The number of nitrogens with zero attached hydrogens (tertiary/aromatic N) is 1. The van der Waals surface area contributed by atoms with E-state index in [1.807, 2.05) is 6.92 Å². The van der Waals surface area contributed by atoms with Gasteiger partial charge in [-0.05, 0) is 25.3 Å². The monoisotopic (exact) mass is 319 g/mol. The lowest BCUT2D eigenvalue weighted by Crippen LogP contribution is -2.19. The van der Waals surface area contributed by atoms with Gasteiger partial charge < -0.3 is 14.4 Å². The summed E-state index contributed by atoms with van der Waals surface area (Å²) < 4.78 is 21.4. The molecule has 3 rings (SSSR count). The number of hydrogen-bond donors (Lipinski definition) is 1. The Morgan fingerprint density at radius 3 is 2.78 bits per heavy atom. The summed E-state index contributed by atoms with van der Waals surface area (Å²) in [7, 11) is 0. The van der Waals surface area contributed by atoms with Crippen LogP contribution in [0.1, 0.15) is 49.0 Å². The first kappa shape index (κ1) is 15.5. The highest BCUT2D eigenvalue weighted by molar-refractivity contribution is 5.93. The van der Waals surface area contributed by atoms with Gasteiger partial charge in [0.1, 0.15) is 5.56 Å². The number of aromatic nitrogens is 1. The number of carboxylic acid groups (broad SMARTS) is 1. The molecule has 0 saturated heterocycles. The number of ether oxygens (including phenoxy) is 1. The quantitative estimate of drug-likeness (QED) is 0.829. The number of fused-ring (bicyclic) bond motifs is 1. The molecule has 1 aromatic carbocycles. The third-order valence-corrected chi connectivity index (χ3v) is 4.01. The molecule has 1 N–H and O–H groups in total. The van der Waals surface area contributed by atoms with Crippen LogP contribution in [-0.4, -0.2) is 22.2 Å².